The van der Waals surface area contributed by atoms with Crippen LogP contribution in [-0.4, -0.2) is 30.7 Å². The fourth-order valence-corrected chi connectivity index (χ4v) is 3.23. The number of methoxy groups -OCH3 is 2. The van der Waals surface area contributed by atoms with Gasteiger partial charge in [0.25, 0.3) is 0 Å². The molecule has 25 heavy (non-hydrogen) atoms. The summed E-state index contributed by atoms with van der Waals surface area (Å²) in [6, 6.07) is 10.1. The first-order chi connectivity index (χ1) is 11.9. The summed E-state index contributed by atoms with van der Waals surface area (Å²) in [5, 5.41) is 9.32. The second-order valence-corrected chi connectivity index (χ2v) is 6.42. The van der Waals surface area contributed by atoms with Crippen LogP contribution in [0.1, 0.15) is 22.4 Å². The third-order valence-corrected chi connectivity index (χ3v) is 4.52. The first kappa shape index (κ1) is 19.0. The highest BCUT2D eigenvalue weighted by molar-refractivity contribution is 7.71. The SMILES string of the molecule is COc1ccc(CN(C)Cn2c(C)cc(C)c(C#N)c2=S)cc1OC. The highest BCUT2D eigenvalue weighted by Gasteiger charge is 2.11. The van der Waals surface area contributed by atoms with Crippen LogP contribution in [0.25, 0.3) is 0 Å². The number of nitrogens with zero attached hydrogens (tertiary/aromatic N) is 3. The minimum absolute atomic E-state index is 0.570. The number of nitriles is 1. The van der Waals surface area contributed by atoms with Crippen molar-refractivity contribution in [2.75, 3.05) is 21.3 Å². The van der Waals surface area contributed by atoms with Gasteiger partial charge in [-0.05, 0) is 50.2 Å². The topological polar surface area (TPSA) is 50.4 Å². The summed E-state index contributed by atoms with van der Waals surface area (Å²) in [6.07, 6.45) is 0. The molecular formula is C19H23N3O2S. The van der Waals surface area contributed by atoms with Gasteiger partial charge in [-0.1, -0.05) is 18.3 Å². The van der Waals surface area contributed by atoms with Crippen molar-refractivity contribution >= 4 is 12.2 Å². The molecule has 6 heteroatoms. The Labute approximate surface area is 154 Å². The van der Waals surface area contributed by atoms with Gasteiger partial charge in [0.2, 0.25) is 0 Å². The second kappa shape index (κ2) is 8.15. The van der Waals surface area contributed by atoms with Crippen LogP contribution in [0.15, 0.2) is 24.3 Å². The first-order valence-corrected chi connectivity index (χ1v) is 8.32. The third kappa shape index (κ3) is 4.19. The summed E-state index contributed by atoms with van der Waals surface area (Å²) in [5.41, 5.74) is 3.64. The van der Waals surface area contributed by atoms with Crippen LogP contribution >= 0.6 is 12.2 Å². The maximum atomic E-state index is 9.32. The van der Waals surface area contributed by atoms with E-state index < -0.39 is 0 Å². The minimum Gasteiger partial charge on any atom is -0.493 e. The molecule has 0 fully saturated rings. The lowest BCUT2D eigenvalue weighted by Crippen LogP contribution is -2.24. The molecule has 1 heterocycles. The van der Waals surface area contributed by atoms with Crippen LogP contribution in [0, 0.1) is 29.8 Å². The highest BCUT2D eigenvalue weighted by Crippen LogP contribution is 2.28. The molecule has 0 saturated carbocycles. The molecular weight excluding hydrogens is 334 g/mol. The quantitative estimate of drug-likeness (QED) is 0.736. The Morgan fingerprint density at radius 1 is 1.16 bits per heavy atom. The Hall–Kier alpha value is -2.36. The molecule has 0 saturated heterocycles. The van der Waals surface area contributed by atoms with Gasteiger partial charge in [0.1, 0.15) is 10.7 Å². The average Bonchev–Trinajstić information content (AvgIpc) is 2.58. The molecule has 132 valence electrons. The molecule has 0 N–H and O–H groups in total. The summed E-state index contributed by atoms with van der Waals surface area (Å²) >= 11 is 5.50. The fourth-order valence-electron chi connectivity index (χ4n) is 2.82. The van der Waals surface area contributed by atoms with E-state index in [1.165, 1.54) is 0 Å². The smallest absolute Gasteiger partial charge is 0.161 e. The van der Waals surface area contributed by atoms with Crippen LogP contribution in [0.3, 0.4) is 0 Å². The van der Waals surface area contributed by atoms with E-state index in [2.05, 4.69) is 11.0 Å². The number of rotatable bonds is 6. The molecule has 0 bridgehead atoms. The van der Waals surface area contributed by atoms with Crippen molar-refractivity contribution in [3.05, 3.63) is 51.3 Å². The van der Waals surface area contributed by atoms with Gasteiger partial charge in [-0.15, -0.1) is 0 Å². The largest absolute Gasteiger partial charge is 0.493 e. The molecule has 0 radical (unpaired) electrons. The zero-order valence-corrected chi connectivity index (χ0v) is 16.1. The van der Waals surface area contributed by atoms with Crippen molar-refractivity contribution in [3.63, 3.8) is 0 Å². The van der Waals surface area contributed by atoms with Gasteiger partial charge in [0, 0.05) is 12.2 Å². The molecule has 0 atom stereocenters. The molecule has 0 spiro atoms. The molecule has 0 amide bonds. The third-order valence-electron chi connectivity index (χ3n) is 4.10. The van der Waals surface area contributed by atoms with Gasteiger partial charge >= 0.3 is 0 Å². The minimum atomic E-state index is 0.570. The van der Waals surface area contributed by atoms with Crippen LogP contribution in [-0.2, 0) is 13.2 Å². The standard InChI is InChI=1S/C19H23N3O2S/c1-13-8-14(2)22(19(25)16(13)10-20)12-21(3)11-15-6-7-17(23-4)18(9-15)24-5/h6-9H,11-12H2,1-5H3. The molecule has 2 aromatic rings. The Bertz CT molecular complexity index is 868. The zero-order chi connectivity index (χ0) is 18.6. The summed E-state index contributed by atoms with van der Waals surface area (Å²) in [5.74, 6) is 1.42. The van der Waals surface area contributed by atoms with Crippen molar-refractivity contribution in [2.24, 2.45) is 0 Å². The van der Waals surface area contributed by atoms with E-state index in [9.17, 15) is 5.26 Å². The number of hydrogen-bond donors (Lipinski definition) is 0. The molecule has 5 nitrogen and oxygen atoms in total. The Morgan fingerprint density at radius 3 is 2.44 bits per heavy atom. The van der Waals surface area contributed by atoms with Gasteiger partial charge in [-0.25, -0.2) is 0 Å². The Kier molecular flexibility index (Phi) is 6.18. The van der Waals surface area contributed by atoms with Gasteiger partial charge < -0.3 is 14.0 Å². The first-order valence-electron chi connectivity index (χ1n) is 7.91. The van der Waals surface area contributed by atoms with Crippen LogP contribution in [0.2, 0.25) is 0 Å². The van der Waals surface area contributed by atoms with Crippen molar-refractivity contribution in [1.82, 2.24) is 9.47 Å². The van der Waals surface area contributed by atoms with Crippen molar-refractivity contribution in [1.29, 1.82) is 5.26 Å². The normalized spacial score (nSPS) is 10.6. The number of hydrogen-bond acceptors (Lipinski definition) is 5. The van der Waals surface area contributed by atoms with Gasteiger partial charge in [-0.3, -0.25) is 4.90 Å². The monoisotopic (exact) mass is 357 g/mol. The molecule has 0 unspecified atom stereocenters. The van der Waals surface area contributed by atoms with Gasteiger partial charge in [0.15, 0.2) is 11.5 Å². The summed E-state index contributed by atoms with van der Waals surface area (Å²) in [7, 11) is 5.27. The molecule has 0 aliphatic carbocycles. The molecule has 1 aromatic carbocycles. The zero-order valence-electron chi connectivity index (χ0n) is 15.3. The van der Waals surface area contributed by atoms with Crippen molar-refractivity contribution < 1.29 is 9.47 Å². The number of ether oxygens (including phenoxy) is 2. The number of benzene rings is 1. The van der Waals surface area contributed by atoms with E-state index in [0.29, 0.717) is 28.4 Å². The summed E-state index contributed by atoms with van der Waals surface area (Å²) in [4.78, 5) is 2.14. The van der Waals surface area contributed by atoms with Gasteiger partial charge in [0.05, 0.1) is 26.5 Å². The highest BCUT2D eigenvalue weighted by atomic mass is 32.1. The summed E-state index contributed by atoms with van der Waals surface area (Å²) in [6.45, 7) is 5.25. The van der Waals surface area contributed by atoms with Crippen LogP contribution in [0.5, 0.6) is 11.5 Å². The van der Waals surface area contributed by atoms with Crippen molar-refractivity contribution in [3.8, 4) is 17.6 Å². The predicted octanol–water partition coefficient (Wildman–Crippen LogP) is 3.81. The second-order valence-electron chi connectivity index (χ2n) is 6.03. The van der Waals surface area contributed by atoms with E-state index in [-0.39, 0.29) is 0 Å². The van der Waals surface area contributed by atoms with Crippen LogP contribution in [0.4, 0.5) is 0 Å². The average molecular weight is 357 g/mol. The number of pyridine rings is 1. The summed E-state index contributed by atoms with van der Waals surface area (Å²) < 4.78 is 13.2. The Morgan fingerprint density at radius 2 is 1.84 bits per heavy atom. The maximum absolute atomic E-state index is 9.32. The lowest BCUT2D eigenvalue weighted by atomic mass is 10.1. The van der Waals surface area contributed by atoms with E-state index in [4.69, 9.17) is 21.7 Å². The van der Waals surface area contributed by atoms with E-state index in [1.807, 2.05) is 49.7 Å². The van der Waals surface area contributed by atoms with E-state index in [1.54, 1.807) is 14.2 Å². The van der Waals surface area contributed by atoms with Gasteiger partial charge in [-0.2, -0.15) is 5.26 Å². The molecule has 0 aliphatic rings. The molecule has 0 aliphatic heterocycles. The van der Waals surface area contributed by atoms with E-state index in [0.717, 1.165) is 23.4 Å². The van der Waals surface area contributed by atoms with Crippen LogP contribution < -0.4 is 9.47 Å². The maximum Gasteiger partial charge on any atom is 0.161 e. The van der Waals surface area contributed by atoms with E-state index >= 15 is 0 Å². The van der Waals surface area contributed by atoms with Crippen molar-refractivity contribution in [2.45, 2.75) is 27.1 Å². The lowest BCUT2D eigenvalue weighted by molar-refractivity contribution is 0.255. The number of aromatic nitrogens is 1. The Balaban J connectivity index is 2.23. The lowest BCUT2D eigenvalue weighted by Gasteiger charge is -2.22. The molecule has 1 aromatic heterocycles. The number of aryl methyl sites for hydroxylation is 2. The predicted molar refractivity (Wildman–Crippen MR) is 100 cm³/mol. The molecule has 2 rings (SSSR count). The fraction of sp³-hybridized carbons (Fsp3) is 0.368.